The van der Waals surface area contributed by atoms with E-state index in [4.69, 9.17) is 15.7 Å². The number of nitriles is 1. The Kier molecular flexibility index (Phi) is 5.14. The lowest BCUT2D eigenvalue weighted by Crippen LogP contribution is -2.29. The van der Waals surface area contributed by atoms with E-state index in [-0.39, 0.29) is 6.04 Å². The van der Waals surface area contributed by atoms with Crippen LogP contribution in [-0.2, 0) is 0 Å². The molecule has 0 aliphatic heterocycles. The molecule has 0 spiro atoms. The molecule has 0 radical (unpaired) electrons. The molecular weight excluding hydrogens is 228 g/mol. The van der Waals surface area contributed by atoms with Gasteiger partial charge in [-0.25, -0.2) is 0 Å². The molecule has 0 aromatic heterocycles. The number of nitrogens with two attached hydrogens (primary N) is 1. The molecule has 4 nitrogen and oxygen atoms in total. The fourth-order valence-electron chi connectivity index (χ4n) is 1.92. The van der Waals surface area contributed by atoms with Gasteiger partial charge in [0.1, 0.15) is 11.8 Å². The zero-order valence-electron chi connectivity index (χ0n) is 11.1. The Labute approximate surface area is 108 Å². The van der Waals surface area contributed by atoms with Crippen molar-refractivity contribution >= 4 is 0 Å². The van der Waals surface area contributed by atoms with Crippen LogP contribution in [-0.4, -0.2) is 18.3 Å². The van der Waals surface area contributed by atoms with Crippen LogP contribution in [0.3, 0.4) is 0 Å². The molecule has 0 heterocycles. The van der Waals surface area contributed by atoms with Crippen LogP contribution in [0.25, 0.3) is 0 Å². The predicted octanol–water partition coefficient (Wildman–Crippen LogP) is 1.97. The number of hydrogen-bond acceptors (Lipinski definition) is 4. The van der Waals surface area contributed by atoms with E-state index in [0.717, 1.165) is 6.42 Å². The number of ether oxygens (including phenoxy) is 1. The van der Waals surface area contributed by atoms with E-state index in [9.17, 15) is 5.11 Å². The number of rotatable bonds is 5. The van der Waals surface area contributed by atoms with Crippen molar-refractivity contribution in [1.29, 1.82) is 5.26 Å². The average molecular weight is 248 g/mol. The topological polar surface area (TPSA) is 79.3 Å². The van der Waals surface area contributed by atoms with Crippen LogP contribution < -0.4 is 10.5 Å². The summed E-state index contributed by atoms with van der Waals surface area (Å²) >= 11 is 0. The third-order valence-corrected chi connectivity index (χ3v) is 2.83. The van der Waals surface area contributed by atoms with Crippen LogP contribution in [0.2, 0.25) is 0 Å². The maximum atomic E-state index is 10.1. The Hall–Kier alpha value is -1.57. The smallest absolute Gasteiger partial charge is 0.136 e. The van der Waals surface area contributed by atoms with E-state index in [2.05, 4.69) is 13.8 Å². The Bertz CT molecular complexity index is 438. The van der Waals surface area contributed by atoms with Crippen LogP contribution >= 0.6 is 0 Å². The first-order valence-electron chi connectivity index (χ1n) is 6.01. The lowest BCUT2D eigenvalue weighted by atomic mass is 9.94. The van der Waals surface area contributed by atoms with E-state index in [1.807, 2.05) is 6.07 Å². The summed E-state index contributed by atoms with van der Waals surface area (Å²) in [6, 6.07) is 6.76. The number of hydrogen-bond donors (Lipinski definition) is 2. The van der Waals surface area contributed by atoms with Crippen LogP contribution in [0.15, 0.2) is 18.2 Å². The number of methoxy groups -OCH3 is 1. The summed E-state index contributed by atoms with van der Waals surface area (Å²) in [6.07, 6.45) is -0.0277. The van der Waals surface area contributed by atoms with Crippen LogP contribution in [0.5, 0.6) is 5.75 Å². The summed E-state index contributed by atoms with van der Waals surface area (Å²) < 4.78 is 5.06. The van der Waals surface area contributed by atoms with Crippen LogP contribution in [0.1, 0.15) is 37.5 Å². The number of benzene rings is 1. The second-order valence-corrected chi connectivity index (χ2v) is 4.81. The molecule has 18 heavy (non-hydrogen) atoms. The van der Waals surface area contributed by atoms with Gasteiger partial charge in [-0.05, 0) is 30.0 Å². The molecule has 1 rings (SSSR count). The molecule has 0 aliphatic carbocycles. The third kappa shape index (κ3) is 3.46. The third-order valence-electron chi connectivity index (χ3n) is 2.83. The number of aliphatic hydroxyl groups is 1. The van der Waals surface area contributed by atoms with Gasteiger partial charge in [-0.3, -0.25) is 0 Å². The van der Waals surface area contributed by atoms with Crippen molar-refractivity contribution in [3.8, 4) is 11.8 Å². The Morgan fingerprint density at radius 2 is 2.11 bits per heavy atom. The summed E-state index contributed by atoms with van der Waals surface area (Å²) in [5.74, 6) is 0.925. The zero-order chi connectivity index (χ0) is 13.7. The maximum Gasteiger partial charge on any atom is 0.136 e. The summed E-state index contributed by atoms with van der Waals surface area (Å²) in [4.78, 5) is 0. The molecule has 0 bridgehead atoms. The zero-order valence-corrected chi connectivity index (χ0v) is 11.1. The fourth-order valence-corrected chi connectivity index (χ4v) is 1.92. The van der Waals surface area contributed by atoms with Crippen molar-refractivity contribution in [2.75, 3.05) is 7.11 Å². The second-order valence-electron chi connectivity index (χ2n) is 4.81. The Morgan fingerprint density at radius 3 is 2.61 bits per heavy atom. The van der Waals surface area contributed by atoms with Gasteiger partial charge in [0.15, 0.2) is 0 Å². The molecule has 0 amide bonds. The minimum Gasteiger partial charge on any atom is -0.495 e. The molecule has 3 N–H and O–H groups in total. The molecule has 0 fully saturated rings. The maximum absolute atomic E-state index is 10.1. The van der Waals surface area contributed by atoms with Crippen molar-refractivity contribution in [2.24, 2.45) is 11.7 Å². The molecule has 0 saturated carbocycles. The fraction of sp³-hybridized carbons (Fsp3) is 0.500. The molecule has 1 aromatic rings. The van der Waals surface area contributed by atoms with Gasteiger partial charge in [0.2, 0.25) is 0 Å². The Balaban J connectivity index is 2.93. The van der Waals surface area contributed by atoms with Crippen molar-refractivity contribution in [3.63, 3.8) is 0 Å². The molecule has 4 heteroatoms. The molecular formula is C14H20N2O2. The first-order chi connectivity index (χ1) is 8.49. The summed E-state index contributed by atoms with van der Waals surface area (Å²) in [5.41, 5.74) is 7.01. The van der Waals surface area contributed by atoms with E-state index in [1.165, 1.54) is 7.11 Å². The lowest BCUT2D eigenvalue weighted by molar-refractivity contribution is 0.136. The van der Waals surface area contributed by atoms with Crippen molar-refractivity contribution < 1.29 is 9.84 Å². The van der Waals surface area contributed by atoms with Gasteiger partial charge < -0.3 is 15.6 Å². The molecule has 2 atom stereocenters. The van der Waals surface area contributed by atoms with Gasteiger partial charge in [-0.15, -0.1) is 0 Å². The van der Waals surface area contributed by atoms with E-state index >= 15 is 0 Å². The van der Waals surface area contributed by atoms with E-state index in [0.29, 0.717) is 22.8 Å². The minimum atomic E-state index is -0.759. The summed E-state index contributed by atoms with van der Waals surface area (Å²) in [5, 5.41) is 19.1. The van der Waals surface area contributed by atoms with Crippen molar-refractivity contribution in [3.05, 3.63) is 29.3 Å². The number of aliphatic hydroxyl groups excluding tert-OH is 1. The minimum absolute atomic E-state index is 0.329. The predicted molar refractivity (Wildman–Crippen MR) is 70.1 cm³/mol. The van der Waals surface area contributed by atoms with Gasteiger partial charge in [0.05, 0.1) is 18.8 Å². The summed E-state index contributed by atoms with van der Waals surface area (Å²) in [7, 11) is 1.51. The highest BCUT2D eigenvalue weighted by atomic mass is 16.5. The highest BCUT2D eigenvalue weighted by Gasteiger charge is 2.19. The second kappa shape index (κ2) is 6.39. The van der Waals surface area contributed by atoms with Gasteiger partial charge in [-0.1, -0.05) is 19.9 Å². The quantitative estimate of drug-likeness (QED) is 0.835. The van der Waals surface area contributed by atoms with Crippen molar-refractivity contribution in [1.82, 2.24) is 0 Å². The SMILES string of the molecule is COc1ccc(C(O)C(N)CC(C)C)cc1C#N. The van der Waals surface area contributed by atoms with E-state index in [1.54, 1.807) is 18.2 Å². The molecule has 0 aliphatic rings. The monoisotopic (exact) mass is 248 g/mol. The van der Waals surface area contributed by atoms with Gasteiger partial charge in [-0.2, -0.15) is 5.26 Å². The van der Waals surface area contributed by atoms with E-state index < -0.39 is 6.10 Å². The van der Waals surface area contributed by atoms with Crippen LogP contribution in [0, 0.1) is 17.2 Å². The van der Waals surface area contributed by atoms with Gasteiger partial charge in [0.25, 0.3) is 0 Å². The lowest BCUT2D eigenvalue weighted by Gasteiger charge is -2.21. The first-order valence-corrected chi connectivity index (χ1v) is 6.01. The van der Waals surface area contributed by atoms with Crippen molar-refractivity contribution in [2.45, 2.75) is 32.4 Å². The average Bonchev–Trinajstić information content (AvgIpc) is 2.36. The Morgan fingerprint density at radius 1 is 1.44 bits per heavy atom. The van der Waals surface area contributed by atoms with Gasteiger partial charge in [0, 0.05) is 6.04 Å². The molecule has 0 saturated heterocycles. The number of nitrogens with zero attached hydrogens (tertiary/aromatic N) is 1. The molecule has 98 valence electrons. The highest BCUT2D eigenvalue weighted by molar-refractivity contribution is 5.46. The first kappa shape index (κ1) is 14.5. The largest absolute Gasteiger partial charge is 0.495 e. The molecule has 2 unspecified atom stereocenters. The van der Waals surface area contributed by atoms with Crippen LogP contribution in [0.4, 0.5) is 0 Å². The van der Waals surface area contributed by atoms with Gasteiger partial charge >= 0.3 is 0 Å². The molecule has 1 aromatic carbocycles. The summed E-state index contributed by atoms with van der Waals surface area (Å²) in [6.45, 7) is 4.11. The highest BCUT2D eigenvalue weighted by Crippen LogP contribution is 2.25. The standard InChI is InChI=1S/C14H20N2O2/c1-9(2)6-12(16)14(17)10-4-5-13(18-3)11(7-10)8-15/h4-5,7,9,12,14,17H,6,16H2,1-3H3. The normalized spacial score (nSPS) is 14.1.